The van der Waals surface area contributed by atoms with Gasteiger partial charge in [-0.15, -0.1) is 0 Å². The van der Waals surface area contributed by atoms with Gasteiger partial charge in [0.15, 0.2) is 11.5 Å². The van der Waals surface area contributed by atoms with Crippen LogP contribution in [0.5, 0.6) is 28.7 Å². The smallest absolute Gasteiger partial charge is 0.317 e. The zero-order valence-corrected chi connectivity index (χ0v) is 25.3. The van der Waals surface area contributed by atoms with Crippen LogP contribution >= 0.6 is 0 Å². The Morgan fingerprint density at radius 3 is 2.43 bits per heavy atom. The first-order chi connectivity index (χ1) is 22.7. The van der Waals surface area contributed by atoms with E-state index in [-0.39, 0.29) is 17.8 Å². The maximum absolute atomic E-state index is 11.7. The quantitative estimate of drug-likeness (QED) is 0.216. The average Bonchev–Trinajstić information content (AvgIpc) is 3.45. The average molecular weight is 651 g/mol. The van der Waals surface area contributed by atoms with E-state index in [1.54, 1.807) is 25.3 Å². The summed E-state index contributed by atoms with van der Waals surface area (Å²) in [5, 5.41) is 40.3. The second-order valence-electron chi connectivity index (χ2n) is 11.9. The number of benzene rings is 3. The van der Waals surface area contributed by atoms with Crippen LogP contribution in [0.3, 0.4) is 0 Å². The minimum Gasteiger partial charge on any atom is -0.490 e. The van der Waals surface area contributed by atoms with Crippen molar-refractivity contribution in [3.8, 4) is 28.7 Å². The highest BCUT2D eigenvalue weighted by Crippen LogP contribution is 2.58. The molecule has 0 saturated carbocycles. The monoisotopic (exact) mass is 650 g/mol. The first kappa shape index (κ1) is 31.1. The first-order valence-corrected chi connectivity index (χ1v) is 15.3. The Bertz CT molecular complexity index is 1660. The van der Waals surface area contributed by atoms with Crippen LogP contribution in [-0.2, 0) is 31.9 Å². The number of fused-ring (bicyclic) bond motifs is 2. The maximum Gasteiger partial charge on any atom is 0.317 e. The van der Waals surface area contributed by atoms with Crippen LogP contribution in [0.2, 0.25) is 0 Å². The van der Waals surface area contributed by atoms with E-state index in [0.29, 0.717) is 36.0 Å². The fraction of sp³-hybridized carbons (Fsp3) is 0.412. The van der Waals surface area contributed by atoms with Crippen LogP contribution in [0, 0.1) is 0 Å². The standard InChI is InChI=1S/C34H34O13/c1-41-33-21-9-8-20-27-23(12-17-4-2-16(3-5-17)10-11-42-21)45-22-13-18(6-7-19(22)31(27)47-32(20)33)44-34-30(40)29(39)28(38)24(46-34)15-43-26(37)14-25(35)36/h2-9,13,23-24,27-31,34,38-40H,10-12,14-15H2,1H3,(H,35,36). The van der Waals surface area contributed by atoms with E-state index in [2.05, 4.69) is 24.3 Å². The molecule has 6 bridgehead atoms. The Morgan fingerprint density at radius 2 is 1.66 bits per heavy atom. The van der Waals surface area contributed by atoms with E-state index in [9.17, 15) is 24.9 Å². The molecule has 10 rings (SSSR count). The van der Waals surface area contributed by atoms with Gasteiger partial charge < -0.3 is 53.6 Å². The van der Waals surface area contributed by atoms with E-state index in [1.165, 1.54) is 0 Å². The van der Waals surface area contributed by atoms with Crippen molar-refractivity contribution >= 4 is 11.9 Å². The maximum atomic E-state index is 11.7. The van der Waals surface area contributed by atoms with Gasteiger partial charge in [-0.3, -0.25) is 9.59 Å². The number of carboxylic acid groups (broad SMARTS) is 1. The molecule has 7 aliphatic rings. The van der Waals surface area contributed by atoms with Gasteiger partial charge in [-0.05, 0) is 29.3 Å². The molecule has 0 radical (unpaired) electrons. The Morgan fingerprint density at radius 1 is 0.894 bits per heavy atom. The summed E-state index contributed by atoms with van der Waals surface area (Å²) in [4.78, 5) is 22.5. The van der Waals surface area contributed by atoms with Crippen LogP contribution < -0.4 is 23.7 Å². The molecule has 47 heavy (non-hydrogen) atoms. The molecule has 0 amide bonds. The van der Waals surface area contributed by atoms with E-state index in [0.717, 1.165) is 28.7 Å². The summed E-state index contributed by atoms with van der Waals surface area (Å²) in [5.74, 6) is -0.158. The van der Waals surface area contributed by atoms with Crippen LogP contribution in [0.1, 0.15) is 40.7 Å². The summed E-state index contributed by atoms with van der Waals surface area (Å²) >= 11 is 0. The lowest BCUT2D eigenvalue weighted by Gasteiger charge is -2.40. The predicted molar refractivity (Wildman–Crippen MR) is 160 cm³/mol. The van der Waals surface area contributed by atoms with Gasteiger partial charge in [-0.1, -0.05) is 30.3 Å². The number of aliphatic carboxylic acids is 1. The number of esters is 1. The second kappa shape index (κ2) is 12.6. The van der Waals surface area contributed by atoms with Gasteiger partial charge in [-0.2, -0.15) is 0 Å². The second-order valence-corrected chi connectivity index (χ2v) is 11.9. The molecular weight excluding hydrogens is 616 g/mol. The molecule has 248 valence electrons. The molecule has 7 heterocycles. The van der Waals surface area contributed by atoms with Crippen LogP contribution in [0.15, 0.2) is 54.6 Å². The van der Waals surface area contributed by atoms with Crippen molar-refractivity contribution in [3.63, 3.8) is 0 Å². The van der Waals surface area contributed by atoms with Crippen LogP contribution in [-0.4, -0.2) is 89.5 Å². The van der Waals surface area contributed by atoms with Crippen molar-refractivity contribution < 1.29 is 63.2 Å². The lowest BCUT2D eigenvalue weighted by Crippen LogP contribution is -2.60. The van der Waals surface area contributed by atoms with Gasteiger partial charge in [0.2, 0.25) is 12.0 Å². The number of hydrogen-bond donors (Lipinski definition) is 4. The number of carbonyl (C=O) groups is 2. The molecule has 1 saturated heterocycles. The van der Waals surface area contributed by atoms with Crippen molar-refractivity contribution in [3.05, 3.63) is 76.9 Å². The predicted octanol–water partition coefficient (Wildman–Crippen LogP) is 2.06. The largest absolute Gasteiger partial charge is 0.490 e. The summed E-state index contributed by atoms with van der Waals surface area (Å²) in [5.41, 5.74) is 3.95. The zero-order chi connectivity index (χ0) is 32.8. The van der Waals surface area contributed by atoms with Gasteiger partial charge >= 0.3 is 11.9 Å². The van der Waals surface area contributed by atoms with Gasteiger partial charge in [0.1, 0.15) is 61.2 Å². The number of methoxy groups -OCH3 is 1. The Labute approximate surface area is 269 Å². The number of ether oxygens (including phenoxy) is 7. The number of aliphatic hydroxyl groups excluding tert-OH is 3. The molecule has 13 nitrogen and oxygen atoms in total. The van der Waals surface area contributed by atoms with Crippen LogP contribution in [0.4, 0.5) is 0 Å². The van der Waals surface area contributed by atoms with Gasteiger partial charge in [-0.25, -0.2) is 0 Å². The van der Waals surface area contributed by atoms with E-state index in [1.807, 2.05) is 12.1 Å². The molecule has 3 aromatic rings. The molecule has 0 aliphatic carbocycles. The highest BCUT2D eigenvalue weighted by molar-refractivity contribution is 5.90. The minimum atomic E-state index is -1.70. The number of hydrogen-bond acceptors (Lipinski definition) is 12. The van der Waals surface area contributed by atoms with E-state index >= 15 is 0 Å². The summed E-state index contributed by atoms with van der Waals surface area (Å²) in [6, 6.07) is 17.3. The summed E-state index contributed by atoms with van der Waals surface area (Å²) in [6.07, 6.45) is -8.08. The summed E-state index contributed by atoms with van der Waals surface area (Å²) < 4.78 is 41.7. The molecule has 1 fully saturated rings. The third kappa shape index (κ3) is 5.91. The van der Waals surface area contributed by atoms with Crippen molar-refractivity contribution in [2.24, 2.45) is 0 Å². The topological polar surface area (TPSA) is 180 Å². The normalized spacial score (nSPS) is 28.6. The third-order valence-corrected chi connectivity index (χ3v) is 8.94. The SMILES string of the molecule is COc1c2ccc3c1OC1c4ccc(OC5OC(COC(=O)CC(=O)O)C(O)C(O)C5O)cc4OC(Cc4ccc(cc4)CCO2)C31. The summed E-state index contributed by atoms with van der Waals surface area (Å²) in [7, 11) is 1.59. The first-order valence-electron chi connectivity index (χ1n) is 15.3. The zero-order valence-electron chi connectivity index (χ0n) is 25.3. The fourth-order valence-electron chi connectivity index (χ4n) is 6.58. The van der Waals surface area contributed by atoms with Crippen molar-refractivity contribution in [1.82, 2.24) is 0 Å². The number of rotatable bonds is 7. The number of carbonyl (C=O) groups excluding carboxylic acids is 1. The number of aliphatic hydroxyl groups is 3. The molecule has 3 aromatic carbocycles. The highest BCUT2D eigenvalue weighted by Gasteiger charge is 2.49. The molecule has 13 heteroatoms. The Kier molecular flexibility index (Phi) is 8.30. The van der Waals surface area contributed by atoms with Gasteiger partial charge in [0, 0.05) is 30.0 Å². The highest BCUT2D eigenvalue weighted by atomic mass is 16.7. The Balaban J connectivity index is 1.17. The van der Waals surface area contributed by atoms with Gasteiger partial charge in [0.25, 0.3) is 0 Å². The van der Waals surface area contributed by atoms with Crippen molar-refractivity contribution in [2.75, 3.05) is 20.3 Å². The molecular formula is C34H34O13. The fourth-order valence-corrected chi connectivity index (χ4v) is 6.58. The summed E-state index contributed by atoms with van der Waals surface area (Å²) in [6.45, 7) is -0.0885. The van der Waals surface area contributed by atoms with Crippen molar-refractivity contribution in [1.29, 1.82) is 0 Å². The van der Waals surface area contributed by atoms with Crippen molar-refractivity contribution in [2.45, 2.75) is 68.1 Å². The number of carboxylic acids is 1. The molecule has 8 unspecified atom stereocenters. The molecule has 0 spiro atoms. The molecule has 8 atom stereocenters. The Hall–Kier alpha value is -4.56. The van der Waals surface area contributed by atoms with Gasteiger partial charge in [0.05, 0.1) is 19.6 Å². The van der Waals surface area contributed by atoms with Crippen LogP contribution in [0.25, 0.3) is 0 Å². The van der Waals surface area contributed by atoms with E-state index < -0.39 is 61.8 Å². The molecule has 0 aromatic heterocycles. The molecule has 7 aliphatic heterocycles. The lowest BCUT2D eigenvalue weighted by molar-refractivity contribution is -0.278. The third-order valence-electron chi connectivity index (χ3n) is 8.94. The van der Waals surface area contributed by atoms with E-state index in [4.69, 9.17) is 38.3 Å². The molecule has 4 N–H and O–H groups in total. The minimum absolute atomic E-state index is 0.167. The lowest BCUT2D eigenvalue weighted by atomic mass is 9.81.